The summed E-state index contributed by atoms with van der Waals surface area (Å²) in [5.41, 5.74) is 2.31. The van der Waals surface area contributed by atoms with Crippen LogP contribution in [0.15, 0.2) is 60.7 Å². The van der Waals surface area contributed by atoms with E-state index < -0.39 is 0 Å². The van der Waals surface area contributed by atoms with Crippen LogP contribution in [0, 0.1) is 0 Å². The van der Waals surface area contributed by atoms with Gasteiger partial charge in [-0.15, -0.1) is 11.6 Å². The Morgan fingerprint density at radius 3 is 1.50 bits per heavy atom. The second-order valence-electron chi connectivity index (χ2n) is 4.60. The van der Waals surface area contributed by atoms with Gasteiger partial charge in [0.1, 0.15) is 0 Å². The van der Waals surface area contributed by atoms with Crippen LogP contribution in [0.4, 0.5) is 0 Å². The fraction of sp³-hybridized carbons (Fsp3) is 0.294. The lowest BCUT2D eigenvalue weighted by Gasteiger charge is -2.11. The molecule has 0 spiro atoms. The van der Waals surface area contributed by atoms with Gasteiger partial charge in [0.05, 0.1) is 31.8 Å². The minimum atomic E-state index is -0.123. The molecular formula is C17H19ClO2. The van der Waals surface area contributed by atoms with Gasteiger partial charge in [-0.25, -0.2) is 0 Å². The average Bonchev–Trinajstić information content (AvgIpc) is 2.49. The van der Waals surface area contributed by atoms with Crippen LogP contribution in [0.25, 0.3) is 0 Å². The molecule has 0 aliphatic rings. The van der Waals surface area contributed by atoms with Crippen molar-refractivity contribution in [1.29, 1.82) is 0 Å². The molecule has 0 radical (unpaired) electrons. The summed E-state index contributed by atoms with van der Waals surface area (Å²) in [5, 5.41) is -0.123. The Balaban J connectivity index is 1.58. The van der Waals surface area contributed by atoms with Gasteiger partial charge in [-0.3, -0.25) is 0 Å². The van der Waals surface area contributed by atoms with Gasteiger partial charge in [0.15, 0.2) is 0 Å². The third-order valence-electron chi connectivity index (χ3n) is 2.82. The summed E-state index contributed by atoms with van der Waals surface area (Å²) in [4.78, 5) is 0. The van der Waals surface area contributed by atoms with Crippen molar-refractivity contribution in [1.82, 2.24) is 0 Å². The van der Waals surface area contributed by atoms with E-state index in [9.17, 15) is 0 Å². The SMILES string of the molecule is ClC(COCc1ccccc1)COCc1ccccc1. The maximum absolute atomic E-state index is 6.16. The highest BCUT2D eigenvalue weighted by Crippen LogP contribution is 2.06. The Labute approximate surface area is 125 Å². The van der Waals surface area contributed by atoms with Crippen LogP contribution in [0.1, 0.15) is 11.1 Å². The van der Waals surface area contributed by atoms with Gasteiger partial charge in [-0.2, -0.15) is 0 Å². The summed E-state index contributed by atoms with van der Waals surface area (Å²) in [7, 11) is 0. The molecule has 2 aromatic carbocycles. The van der Waals surface area contributed by atoms with Crippen molar-refractivity contribution in [2.45, 2.75) is 18.6 Å². The predicted molar refractivity (Wildman–Crippen MR) is 81.8 cm³/mol. The second-order valence-corrected chi connectivity index (χ2v) is 5.22. The molecule has 0 fully saturated rings. The van der Waals surface area contributed by atoms with Gasteiger partial charge in [0.25, 0.3) is 0 Å². The van der Waals surface area contributed by atoms with Crippen LogP contribution in [-0.4, -0.2) is 18.6 Å². The molecule has 3 heteroatoms. The second kappa shape index (κ2) is 8.75. The molecule has 20 heavy (non-hydrogen) atoms. The van der Waals surface area contributed by atoms with Crippen molar-refractivity contribution >= 4 is 11.6 Å². The van der Waals surface area contributed by atoms with Gasteiger partial charge in [0.2, 0.25) is 0 Å². The standard InChI is InChI=1S/C17H19ClO2/c18-17(13-19-11-15-7-3-1-4-8-15)14-20-12-16-9-5-2-6-10-16/h1-10,17H,11-14H2. The summed E-state index contributed by atoms with van der Waals surface area (Å²) in [6.07, 6.45) is 0. The summed E-state index contributed by atoms with van der Waals surface area (Å²) >= 11 is 6.16. The molecular weight excluding hydrogens is 272 g/mol. The van der Waals surface area contributed by atoms with Gasteiger partial charge >= 0.3 is 0 Å². The highest BCUT2D eigenvalue weighted by molar-refractivity contribution is 6.20. The van der Waals surface area contributed by atoms with E-state index in [1.54, 1.807) is 0 Å². The largest absolute Gasteiger partial charge is 0.375 e. The number of hydrogen-bond acceptors (Lipinski definition) is 2. The maximum atomic E-state index is 6.16. The smallest absolute Gasteiger partial charge is 0.0803 e. The van der Waals surface area contributed by atoms with E-state index in [2.05, 4.69) is 0 Å². The fourth-order valence-electron chi connectivity index (χ4n) is 1.81. The molecule has 0 aliphatic carbocycles. The first kappa shape index (κ1) is 15.0. The normalized spacial score (nSPS) is 10.9. The molecule has 0 amide bonds. The van der Waals surface area contributed by atoms with Crippen molar-refractivity contribution < 1.29 is 9.47 Å². The predicted octanol–water partition coefficient (Wildman–Crippen LogP) is 4.03. The summed E-state index contributed by atoms with van der Waals surface area (Å²) < 4.78 is 11.1. The average molecular weight is 291 g/mol. The van der Waals surface area contributed by atoms with Crippen LogP contribution in [0.5, 0.6) is 0 Å². The van der Waals surface area contributed by atoms with Gasteiger partial charge in [-0.1, -0.05) is 60.7 Å². The van der Waals surface area contributed by atoms with Crippen molar-refractivity contribution in [3.8, 4) is 0 Å². The zero-order chi connectivity index (χ0) is 14.0. The Morgan fingerprint density at radius 1 is 0.700 bits per heavy atom. The molecule has 0 heterocycles. The summed E-state index contributed by atoms with van der Waals surface area (Å²) in [5.74, 6) is 0. The van der Waals surface area contributed by atoms with E-state index in [1.165, 1.54) is 0 Å². The highest BCUT2D eigenvalue weighted by Gasteiger charge is 2.05. The molecule has 0 atom stereocenters. The van der Waals surface area contributed by atoms with E-state index >= 15 is 0 Å². The van der Waals surface area contributed by atoms with E-state index in [-0.39, 0.29) is 5.38 Å². The third kappa shape index (κ3) is 5.74. The number of benzene rings is 2. The summed E-state index contributed by atoms with van der Waals surface area (Å²) in [6.45, 7) is 2.15. The molecule has 0 N–H and O–H groups in total. The molecule has 0 unspecified atom stereocenters. The monoisotopic (exact) mass is 290 g/mol. The van der Waals surface area contributed by atoms with Crippen molar-refractivity contribution in [2.75, 3.05) is 13.2 Å². The van der Waals surface area contributed by atoms with Crippen molar-refractivity contribution in [3.63, 3.8) is 0 Å². The molecule has 0 bridgehead atoms. The highest BCUT2D eigenvalue weighted by atomic mass is 35.5. The maximum Gasteiger partial charge on any atom is 0.0803 e. The van der Waals surface area contributed by atoms with Crippen LogP contribution >= 0.6 is 11.6 Å². The van der Waals surface area contributed by atoms with Crippen molar-refractivity contribution in [3.05, 3.63) is 71.8 Å². The zero-order valence-electron chi connectivity index (χ0n) is 11.4. The molecule has 106 valence electrons. The Hall–Kier alpha value is -1.35. The van der Waals surface area contributed by atoms with Gasteiger partial charge in [0, 0.05) is 0 Å². The topological polar surface area (TPSA) is 18.5 Å². The number of ether oxygens (including phenoxy) is 2. The molecule has 2 nitrogen and oxygen atoms in total. The first-order valence-corrected chi connectivity index (χ1v) is 7.15. The first-order valence-electron chi connectivity index (χ1n) is 6.72. The van der Waals surface area contributed by atoms with E-state index in [4.69, 9.17) is 21.1 Å². The van der Waals surface area contributed by atoms with Gasteiger partial charge in [-0.05, 0) is 11.1 Å². The minimum absolute atomic E-state index is 0.123. The summed E-state index contributed by atoms with van der Waals surface area (Å²) in [6, 6.07) is 20.1. The molecule has 0 aliphatic heterocycles. The van der Waals surface area contributed by atoms with Crippen LogP contribution in [-0.2, 0) is 22.7 Å². The van der Waals surface area contributed by atoms with E-state index in [0.29, 0.717) is 26.4 Å². The lowest BCUT2D eigenvalue weighted by Crippen LogP contribution is -2.16. The van der Waals surface area contributed by atoms with Crippen LogP contribution < -0.4 is 0 Å². The Kier molecular flexibility index (Phi) is 6.58. The number of halogens is 1. The Morgan fingerprint density at radius 2 is 1.10 bits per heavy atom. The van der Waals surface area contributed by atoms with Crippen LogP contribution in [0.2, 0.25) is 0 Å². The number of hydrogen-bond donors (Lipinski definition) is 0. The van der Waals surface area contributed by atoms with E-state index in [0.717, 1.165) is 11.1 Å². The fourth-order valence-corrected chi connectivity index (χ4v) is 1.98. The minimum Gasteiger partial charge on any atom is -0.375 e. The lowest BCUT2D eigenvalue weighted by atomic mass is 10.2. The zero-order valence-corrected chi connectivity index (χ0v) is 12.1. The molecule has 0 saturated carbocycles. The first-order chi connectivity index (χ1) is 9.84. The molecule has 2 aromatic rings. The number of alkyl halides is 1. The quantitative estimate of drug-likeness (QED) is 0.684. The molecule has 0 saturated heterocycles. The number of rotatable bonds is 8. The van der Waals surface area contributed by atoms with Gasteiger partial charge < -0.3 is 9.47 Å². The van der Waals surface area contributed by atoms with Crippen molar-refractivity contribution in [2.24, 2.45) is 0 Å². The Bertz CT molecular complexity index is 427. The van der Waals surface area contributed by atoms with Crippen LogP contribution in [0.3, 0.4) is 0 Å². The third-order valence-corrected chi connectivity index (χ3v) is 3.07. The molecule has 2 rings (SSSR count). The van der Waals surface area contributed by atoms with E-state index in [1.807, 2.05) is 60.7 Å². The molecule has 0 aromatic heterocycles. The lowest BCUT2D eigenvalue weighted by molar-refractivity contribution is 0.0727.